The normalized spacial score (nSPS) is 11.1. The van der Waals surface area contributed by atoms with E-state index in [9.17, 15) is 5.02 Å². The van der Waals surface area contributed by atoms with Crippen molar-refractivity contribution in [3.05, 3.63) is 58.3 Å². The van der Waals surface area contributed by atoms with Gasteiger partial charge >= 0.3 is 7.12 Å². The highest BCUT2D eigenvalue weighted by atomic mass is 35.5. The molecule has 1 aromatic heterocycles. The van der Waals surface area contributed by atoms with E-state index in [4.69, 9.17) is 27.9 Å². The average Bonchev–Trinajstić information content (AvgIpc) is 2.90. The largest absolute Gasteiger partial charge is 0.490 e. The van der Waals surface area contributed by atoms with Crippen LogP contribution in [-0.4, -0.2) is 28.8 Å². The first-order valence-electron chi connectivity index (χ1n) is 6.68. The molecular weight excluding hydrogens is 322 g/mol. The summed E-state index contributed by atoms with van der Waals surface area (Å²) in [5.41, 5.74) is 3.40. The van der Waals surface area contributed by atoms with E-state index in [0.29, 0.717) is 22.1 Å². The number of rotatable bonds is 4. The summed E-state index contributed by atoms with van der Waals surface area (Å²) < 4.78 is 6.84. The van der Waals surface area contributed by atoms with E-state index >= 15 is 0 Å². The SMILES string of the molecule is COB(O)c1ccc(Cn2cnc3cc(Cl)cc(Cl)c32)cc1. The molecule has 22 heavy (non-hydrogen) atoms. The van der Waals surface area contributed by atoms with Gasteiger partial charge in [-0.1, -0.05) is 47.5 Å². The molecule has 0 saturated heterocycles. The third-order valence-electron chi connectivity index (χ3n) is 3.47. The Labute approximate surface area is 138 Å². The zero-order chi connectivity index (χ0) is 15.7. The molecular formula is C15H13BCl2N2O2. The van der Waals surface area contributed by atoms with E-state index < -0.39 is 7.12 Å². The van der Waals surface area contributed by atoms with Crippen LogP contribution in [0.15, 0.2) is 42.7 Å². The molecule has 4 nitrogen and oxygen atoms in total. The number of imidazole rings is 1. The van der Waals surface area contributed by atoms with E-state index in [1.54, 1.807) is 18.5 Å². The summed E-state index contributed by atoms with van der Waals surface area (Å²) in [6, 6.07) is 11.0. The summed E-state index contributed by atoms with van der Waals surface area (Å²) in [4.78, 5) is 4.33. The maximum atomic E-state index is 9.61. The van der Waals surface area contributed by atoms with Crippen molar-refractivity contribution in [3.63, 3.8) is 0 Å². The van der Waals surface area contributed by atoms with Crippen LogP contribution in [0.5, 0.6) is 0 Å². The van der Waals surface area contributed by atoms with Gasteiger partial charge in [0, 0.05) is 18.7 Å². The third-order valence-corrected chi connectivity index (χ3v) is 3.98. The van der Waals surface area contributed by atoms with E-state index in [1.807, 2.05) is 28.8 Å². The van der Waals surface area contributed by atoms with E-state index in [0.717, 1.165) is 16.6 Å². The molecule has 0 saturated carbocycles. The van der Waals surface area contributed by atoms with Crippen molar-refractivity contribution >= 4 is 46.8 Å². The lowest BCUT2D eigenvalue weighted by Gasteiger charge is -2.08. The van der Waals surface area contributed by atoms with Gasteiger partial charge in [-0.2, -0.15) is 0 Å². The van der Waals surface area contributed by atoms with Crippen molar-refractivity contribution in [2.24, 2.45) is 0 Å². The van der Waals surface area contributed by atoms with Gasteiger partial charge in [0.1, 0.15) is 0 Å². The van der Waals surface area contributed by atoms with Gasteiger partial charge in [-0.25, -0.2) is 4.98 Å². The molecule has 0 aliphatic heterocycles. The Balaban J connectivity index is 1.90. The van der Waals surface area contributed by atoms with Crippen LogP contribution in [0.2, 0.25) is 10.0 Å². The number of nitrogens with zero attached hydrogens (tertiary/aromatic N) is 2. The molecule has 3 rings (SSSR count). The van der Waals surface area contributed by atoms with Crippen LogP contribution in [0.25, 0.3) is 11.0 Å². The smallest absolute Gasteiger partial charge is 0.423 e. The number of aromatic nitrogens is 2. The summed E-state index contributed by atoms with van der Waals surface area (Å²) in [7, 11) is 0.559. The predicted molar refractivity (Wildman–Crippen MR) is 89.9 cm³/mol. The summed E-state index contributed by atoms with van der Waals surface area (Å²) in [5, 5.41) is 10.8. The Morgan fingerprint density at radius 2 is 1.95 bits per heavy atom. The standard InChI is InChI=1S/C15H13BCl2N2O2/c1-22-16(21)11-4-2-10(3-5-11)8-20-9-19-14-7-12(17)6-13(18)15(14)20/h2-7,9,21H,8H2,1H3. The van der Waals surface area contributed by atoms with Gasteiger partial charge < -0.3 is 14.2 Å². The fourth-order valence-electron chi connectivity index (χ4n) is 2.37. The average molecular weight is 335 g/mol. The molecule has 0 aliphatic carbocycles. The minimum atomic E-state index is -0.903. The maximum absolute atomic E-state index is 9.61. The number of hydrogen-bond acceptors (Lipinski definition) is 3. The molecule has 7 heteroatoms. The van der Waals surface area contributed by atoms with Gasteiger partial charge in [-0.3, -0.25) is 0 Å². The first kappa shape index (κ1) is 15.4. The van der Waals surface area contributed by atoms with Crippen molar-refractivity contribution in [2.45, 2.75) is 6.54 Å². The van der Waals surface area contributed by atoms with Crippen molar-refractivity contribution in [2.75, 3.05) is 7.11 Å². The topological polar surface area (TPSA) is 47.3 Å². The fraction of sp³-hybridized carbons (Fsp3) is 0.133. The van der Waals surface area contributed by atoms with E-state index in [1.165, 1.54) is 7.11 Å². The predicted octanol–water partition coefficient (Wildman–Crippen LogP) is 2.73. The van der Waals surface area contributed by atoms with Crippen LogP contribution in [0.3, 0.4) is 0 Å². The Kier molecular flexibility index (Phi) is 4.40. The van der Waals surface area contributed by atoms with E-state index in [2.05, 4.69) is 4.98 Å². The highest BCUT2D eigenvalue weighted by molar-refractivity contribution is 6.59. The molecule has 0 atom stereocenters. The van der Waals surface area contributed by atoms with Crippen LogP contribution in [-0.2, 0) is 11.2 Å². The molecule has 1 heterocycles. The van der Waals surface area contributed by atoms with Gasteiger partial charge in [0.2, 0.25) is 0 Å². The molecule has 0 radical (unpaired) electrons. The van der Waals surface area contributed by atoms with Crippen molar-refractivity contribution < 1.29 is 9.68 Å². The molecule has 0 unspecified atom stereocenters. The minimum Gasteiger partial charge on any atom is -0.423 e. The molecule has 0 bridgehead atoms. The highest BCUT2D eigenvalue weighted by Gasteiger charge is 2.14. The Bertz CT molecular complexity index is 805. The Morgan fingerprint density at radius 1 is 1.23 bits per heavy atom. The van der Waals surface area contributed by atoms with Crippen LogP contribution in [0, 0.1) is 0 Å². The number of benzene rings is 2. The van der Waals surface area contributed by atoms with Crippen LogP contribution < -0.4 is 5.46 Å². The maximum Gasteiger partial charge on any atom is 0.490 e. The molecule has 0 aliphatic rings. The van der Waals surface area contributed by atoms with Gasteiger partial charge in [0.15, 0.2) is 0 Å². The molecule has 2 aromatic carbocycles. The van der Waals surface area contributed by atoms with Crippen molar-refractivity contribution in [1.82, 2.24) is 9.55 Å². The Hall–Kier alpha value is -1.53. The summed E-state index contributed by atoms with van der Waals surface area (Å²) in [5.74, 6) is 0. The van der Waals surface area contributed by atoms with Crippen molar-refractivity contribution in [1.29, 1.82) is 0 Å². The van der Waals surface area contributed by atoms with E-state index in [-0.39, 0.29) is 0 Å². The molecule has 1 N–H and O–H groups in total. The molecule has 3 aromatic rings. The summed E-state index contributed by atoms with van der Waals surface area (Å²) in [6.45, 7) is 0.626. The van der Waals surface area contributed by atoms with Crippen LogP contribution in [0.4, 0.5) is 0 Å². The lowest BCUT2D eigenvalue weighted by atomic mass is 9.79. The third kappa shape index (κ3) is 2.98. The molecule has 0 spiro atoms. The lowest BCUT2D eigenvalue weighted by Crippen LogP contribution is -2.32. The quantitative estimate of drug-likeness (QED) is 0.746. The van der Waals surface area contributed by atoms with Gasteiger partial charge in [-0.05, 0) is 23.2 Å². The van der Waals surface area contributed by atoms with Gasteiger partial charge in [0.25, 0.3) is 0 Å². The minimum absolute atomic E-state index is 0.570. The second-order valence-corrected chi connectivity index (χ2v) is 5.80. The molecule has 0 fully saturated rings. The second kappa shape index (κ2) is 6.30. The number of hydrogen-bond donors (Lipinski definition) is 1. The van der Waals surface area contributed by atoms with Gasteiger partial charge in [0.05, 0.1) is 22.4 Å². The molecule has 0 amide bonds. The lowest BCUT2D eigenvalue weighted by molar-refractivity contribution is 0.341. The monoisotopic (exact) mass is 334 g/mol. The highest BCUT2D eigenvalue weighted by Crippen LogP contribution is 2.27. The summed E-state index contributed by atoms with van der Waals surface area (Å²) in [6.07, 6.45) is 1.74. The van der Waals surface area contributed by atoms with Gasteiger partial charge in [-0.15, -0.1) is 0 Å². The van der Waals surface area contributed by atoms with Crippen molar-refractivity contribution in [3.8, 4) is 0 Å². The number of halogens is 2. The number of fused-ring (bicyclic) bond motifs is 1. The van der Waals surface area contributed by atoms with Crippen LogP contribution >= 0.6 is 23.2 Å². The van der Waals surface area contributed by atoms with Crippen LogP contribution in [0.1, 0.15) is 5.56 Å². The zero-order valence-electron chi connectivity index (χ0n) is 11.8. The Morgan fingerprint density at radius 3 is 2.64 bits per heavy atom. The second-order valence-electron chi connectivity index (χ2n) is 4.96. The molecule has 112 valence electrons. The summed E-state index contributed by atoms with van der Waals surface area (Å²) >= 11 is 12.3. The fourth-order valence-corrected chi connectivity index (χ4v) is 2.96. The first-order chi connectivity index (χ1) is 10.6. The first-order valence-corrected chi connectivity index (χ1v) is 7.43. The zero-order valence-corrected chi connectivity index (χ0v) is 13.3.